The SMILES string of the molecule is CCOC(=O)C(C)=C1CN(C(c2ccccc2)c2ccccc2)C1. The molecule has 0 spiro atoms. The summed E-state index contributed by atoms with van der Waals surface area (Å²) in [6.45, 7) is 5.73. The summed E-state index contributed by atoms with van der Waals surface area (Å²) in [5.41, 5.74) is 4.48. The summed E-state index contributed by atoms with van der Waals surface area (Å²) in [4.78, 5) is 14.3. The molecule has 0 N–H and O–H groups in total. The van der Waals surface area contributed by atoms with Gasteiger partial charge in [-0.05, 0) is 30.5 Å². The van der Waals surface area contributed by atoms with Crippen molar-refractivity contribution in [3.63, 3.8) is 0 Å². The molecule has 2 aromatic rings. The van der Waals surface area contributed by atoms with E-state index in [4.69, 9.17) is 4.74 Å². The number of rotatable bonds is 5. The lowest BCUT2D eigenvalue weighted by atomic mass is 9.91. The van der Waals surface area contributed by atoms with E-state index >= 15 is 0 Å². The molecule has 0 atom stereocenters. The molecule has 1 aliphatic rings. The minimum atomic E-state index is -0.192. The number of hydrogen-bond donors (Lipinski definition) is 0. The van der Waals surface area contributed by atoms with Gasteiger partial charge in [-0.3, -0.25) is 4.90 Å². The molecule has 3 nitrogen and oxygen atoms in total. The summed E-state index contributed by atoms with van der Waals surface area (Å²) in [6.07, 6.45) is 0. The van der Waals surface area contributed by atoms with Crippen LogP contribution < -0.4 is 0 Å². The molecule has 3 heteroatoms. The van der Waals surface area contributed by atoms with E-state index in [1.165, 1.54) is 16.7 Å². The maximum absolute atomic E-state index is 11.9. The predicted molar refractivity (Wildman–Crippen MR) is 95.6 cm³/mol. The Morgan fingerprint density at radius 1 is 1.00 bits per heavy atom. The molecule has 24 heavy (non-hydrogen) atoms. The highest BCUT2D eigenvalue weighted by Gasteiger charge is 2.32. The van der Waals surface area contributed by atoms with E-state index in [1.807, 2.05) is 26.0 Å². The smallest absolute Gasteiger partial charge is 0.333 e. The molecule has 0 amide bonds. The highest BCUT2D eigenvalue weighted by molar-refractivity contribution is 5.89. The first-order chi connectivity index (χ1) is 11.7. The van der Waals surface area contributed by atoms with Crippen LogP contribution in [0.15, 0.2) is 71.8 Å². The first kappa shape index (κ1) is 16.5. The van der Waals surface area contributed by atoms with Crippen LogP contribution in [-0.4, -0.2) is 30.6 Å². The van der Waals surface area contributed by atoms with Crippen LogP contribution in [0.4, 0.5) is 0 Å². The third-order valence-electron chi connectivity index (χ3n) is 4.50. The minimum absolute atomic E-state index is 0.192. The highest BCUT2D eigenvalue weighted by atomic mass is 16.5. The van der Waals surface area contributed by atoms with Gasteiger partial charge in [0.1, 0.15) is 0 Å². The second-order valence-corrected chi connectivity index (χ2v) is 6.08. The van der Waals surface area contributed by atoms with Crippen molar-refractivity contribution < 1.29 is 9.53 Å². The summed E-state index contributed by atoms with van der Waals surface area (Å²) in [5.74, 6) is -0.192. The lowest BCUT2D eigenvalue weighted by Gasteiger charge is -2.41. The van der Waals surface area contributed by atoms with Gasteiger partial charge in [-0.1, -0.05) is 60.7 Å². The number of likely N-dealkylation sites (tertiary alicyclic amines) is 1. The third-order valence-corrected chi connectivity index (χ3v) is 4.50. The zero-order valence-corrected chi connectivity index (χ0v) is 14.2. The van der Waals surface area contributed by atoms with Crippen molar-refractivity contribution in [1.82, 2.24) is 4.90 Å². The van der Waals surface area contributed by atoms with Gasteiger partial charge < -0.3 is 4.74 Å². The first-order valence-electron chi connectivity index (χ1n) is 8.40. The number of nitrogens with zero attached hydrogens (tertiary/aromatic N) is 1. The van der Waals surface area contributed by atoms with E-state index < -0.39 is 0 Å². The molecular formula is C21H23NO2. The molecule has 124 valence electrons. The number of carbonyl (C=O) groups is 1. The number of ether oxygens (including phenoxy) is 1. The minimum Gasteiger partial charge on any atom is -0.463 e. The van der Waals surface area contributed by atoms with Gasteiger partial charge >= 0.3 is 5.97 Å². The molecule has 0 radical (unpaired) electrons. The van der Waals surface area contributed by atoms with Crippen molar-refractivity contribution in [2.75, 3.05) is 19.7 Å². The van der Waals surface area contributed by atoms with Crippen molar-refractivity contribution in [2.24, 2.45) is 0 Å². The quantitative estimate of drug-likeness (QED) is 0.616. The summed E-state index contributed by atoms with van der Waals surface area (Å²) >= 11 is 0. The highest BCUT2D eigenvalue weighted by Crippen LogP contribution is 2.34. The topological polar surface area (TPSA) is 29.5 Å². The van der Waals surface area contributed by atoms with Crippen molar-refractivity contribution in [1.29, 1.82) is 0 Å². The van der Waals surface area contributed by atoms with Gasteiger partial charge in [-0.25, -0.2) is 4.79 Å². The molecule has 3 rings (SSSR count). The summed E-state index contributed by atoms with van der Waals surface area (Å²) in [6, 6.07) is 21.3. The van der Waals surface area contributed by atoms with Gasteiger partial charge in [-0.15, -0.1) is 0 Å². The molecule has 2 aromatic carbocycles. The molecule has 1 saturated heterocycles. The Balaban J connectivity index is 1.83. The fraction of sp³-hybridized carbons (Fsp3) is 0.286. The normalized spacial score (nSPS) is 14.4. The van der Waals surface area contributed by atoms with Gasteiger partial charge in [0.2, 0.25) is 0 Å². The largest absolute Gasteiger partial charge is 0.463 e. The molecular weight excluding hydrogens is 298 g/mol. The van der Waals surface area contributed by atoms with Crippen LogP contribution >= 0.6 is 0 Å². The van der Waals surface area contributed by atoms with Crippen LogP contribution in [0, 0.1) is 0 Å². The zero-order valence-electron chi connectivity index (χ0n) is 14.2. The number of carbonyl (C=O) groups excluding carboxylic acids is 1. The van der Waals surface area contributed by atoms with E-state index in [0.29, 0.717) is 6.61 Å². The van der Waals surface area contributed by atoms with Gasteiger partial charge in [0.25, 0.3) is 0 Å². The third kappa shape index (κ3) is 3.41. The summed E-state index contributed by atoms with van der Waals surface area (Å²) < 4.78 is 5.11. The van der Waals surface area contributed by atoms with E-state index in [1.54, 1.807) is 0 Å². The molecule has 1 fully saturated rings. The zero-order chi connectivity index (χ0) is 16.9. The number of esters is 1. The average Bonchev–Trinajstić information content (AvgIpc) is 2.59. The molecule has 0 aliphatic carbocycles. The second-order valence-electron chi connectivity index (χ2n) is 6.08. The summed E-state index contributed by atoms with van der Waals surface area (Å²) in [5, 5.41) is 0. The standard InChI is InChI=1S/C21H23NO2/c1-3-24-21(23)16(2)19-14-22(15-19)20(17-10-6-4-7-11-17)18-12-8-5-9-13-18/h4-13,20H,3,14-15H2,1-2H3. The molecule has 1 heterocycles. The Kier molecular flexibility index (Phi) is 5.11. The Morgan fingerprint density at radius 3 is 1.96 bits per heavy atom. The van der Waals surface area contributed by atoms with Gasteiger partial charge in [-0.2, -0.15) is 0 Å². The predicted octanol–water partition coefficient (Wildman–Crippen LogP) is 3.97. The fourth-order valence-corrected chi connectivity index (χ4v) is 3.13. The first-order valence-corrected chi connectivity index (χ1v) is 8.40. The Morgan fingerprint density at radius 2 is 1.50 bits per heavy atom. The van der Waals surface area contributed by atoms with Gasteiger partial charge in [0, 0.05) is 18.7 Å². The van der Waals surface area contributed by atoms with Crippen molar-refractivity contribution >= 4 is 5.97 Å². The monoisotopic (exact) mass is 321 g/mol. The van der Waals surface area contributed by atoms with Crippen LogP contribution in [0.25, 0.3) is 0 Å². The van der Waals surface area contributed by atoms with Crippen LogP contribution in [-0.2, 0) is 9.53 Å². The number of benzene rings is 2. The molecule has 0 unspecified atom stereocenters. The average molecular weight is 321 g/mol. The van der Waals surface area contributed by atoms with E-state index in [2.05, 4.69) is 53.4 Å². The van der Waals surface area contributed by atoms with Crippen LogP contribution in [0.3, 0.4) is 0 Å². The second kappa shape index (κ2) is 7.45. The Hall–Kier alpha value is -2.39. The lowest BCUT2D eigenvalue weighted by Crippen LogP contribution is -2.44. The van der Waals surface area contributed by atoms with Crippen LogP contribution in [0.1, 0.15) is 31.0 Å². The molecule has 0 saturated carbocycles. The lowest BCUT2D eigenvalue weighted by molar-refractivity contribution is -0.138. The van der Waals surface area contributed by atoms with Crippen molar-refractivity contribution in [3.05, 3.63) is 82.9 Å². The van der Waals surface area contributed by atoms with Crippen molar-refractivity contribution in [3.8, 4) is 0 Å². The van der Waals surface area contributed by atoms with Crippen LogP contribution in [0.5, 0.6) is 0 Å². The van der Waals surface area contributed by atoms with Gasteiger partial charge in [0.15, 0.2) is 0 Å². The number of hydrogen-bond acceptors (Lipinski definition) is 3. The van der Waals surface area contributed by atoms with Crippen molar-refractivity contribution in [2.45, 2.75) is 19.9 Å². The Labute approximate surface area is 143 Å². The maximum atomic E-state index is 11.9. The Bertz CT molecular complexity index is 675. The van der Waals surface area contributed by atoms with Gasteiger partial charge in [0.05, 0.1) is 12.6 Å². The molecule has 0 bridgehead atoms. The summed E-state index contributed by atoms with van der Waals surface area (Å²) in [7, 11) is 0. The van der Waals surface area contributed by atoms with E-state index in [-0.39, 0.29) is 12.0 Å². The fourth-order valence-electron chi connectivity index (χ4n) is 3.13. The van der Waals surface area contributed by atoms with E-state index in [9.17, 15) is 4.79 Å². The van der Waals surface area contributed by atoms with E-state index in [0.717, 1.165) is 18.7 Å². The maximum Gasteiger partial charge on any atom is 0.333 e. The molecule has 0 aromatic heterocycles. The van der Waals surface area contributed by atoms with Crippen LogP contribution in [0.2, 0.25) is 0 Å². The molecule has 1 aliphatic heterocycles.